The Bertz CT molecular complexity index is 1170. The van der Waals surface area contributed by atoms with Crippen LogP contribution in [0.25, 0.3) is 0 Å². The summed E-state index contributed by atoms with van der Waals surface area (Å²) < 4.78 is 84.1. The average Bonchev–Trinajstić information content (AvgIpc) is 2.94. The van der Waals surface area contributed by atoms with Crippen molar-refractivity contribution in [3.63, 3.8) is 0 Å². The van der Waals surface area contributed by atoms with Crippen molar-refractivity contribution in [3.05, 3.63) is 58.5 Å². The molecule has 2 aliphatic rings. The number of anilines is 2. The van der Waals surface area contributed by atoms with E-state index in [1.165, 1.54) is 18.2 Å². The fourth-order valence-electron chi connectivity index (χ4n) is 5.22. The Hall–Kier alpha value is -3.35. The van der Waals surface area contributed by atoms with Crippen molar-refractivity contribution < 1.29 is 35.9 Å². The van der Waals surface area contributed by atoms with E-state index in [4.69, 9.17) is 4.74 Å². The smallest absolute Gasteiger partial charge is 0.372 e. The number of amides is 1. The molecule has 2 aromatic rings. The maximum Gasteiger partial charge on any atom is 0.418 e. The van der Waals surface area contributed by atoms with Gasteiger partial charge in [-0.1, -0.05) is 0 Å². The predicted octanol–water partition coefficient (Wildman–Crippen LogP) is 6.23. The van der Waals surface area contributed by atoms with Crippen LogP contribution in [0.4, 0.5) is 43.4 Å². The van der Waals surface area contributed by atoms with Gasteiger partial charge in [-0.3, -0.25) is 4.79 Å². The van der Waals surface area contributed by atoms with Crippen LogP contribution in [0.2, 0.25) is 0 Å². The molecule has 218 valence electrons. The largest absolute Gasteiger partial charge is 0.418 e. The first-order valence-corrected chi connectivity index (χ1v) is 13.0. The number of alkyl halides is 6. The molecule has 7 nitrogen and oxygen atoms in total. The first kappa shape index (κ1) is 29.6. The van der Waals surface area contributed by atoms with Crippen molar-refractivity contribution in [1.29, 1.82) is 0 Å². The molecule has 0 radical (unpaired) electrons. The predicted molar refractivity (Wildman–Crippen MR) is 138 cm³/mol. The Morgan fingerprint density at radius 2 is 1.55 bits per heavy atom. The van der Waals surface area contributed by atoms with E-state index in [0.717, 1.165) is 24.3 Å². The van der Waals surface area contributed by atoms with Gasteiger partial charge < -0.3 is 19.4 Å². The van der Waals surface area contributed by atoms with Crippen LogP contribution >= 0.6 is 0 Å². The van der Waals surface area contributed by atoms with Crippen molar-refractivity contribution in [2.45, 2.75) is 50.2 Å². The molecule has 0 bridgehead atoms. The first-order chi connectivity index (χ1) is 18.9. The summed E-state index contributed by atoms with van der Waals surface area (Å²) >= 11 is 0. The van der Waals surface area contributed by atoms with Gasteiger partial charge >= 0.3 is 12.4 Å². The Morgan fingerprint density at radius 1 is 0.925 bits per heavy atom. The van der Waals surface area contributed by atoms with Gasteiger partial charge in [-0.2, -0.15) is 26.3 Å². The lowest BCUT2D eigenvalue weighted by atomic mass is 9.91. The second-order valence-electron chi connectivity index (χ2n) is 10.1. The highest BCUT2D eigenvalue weighted by molar-refractivity contribution is 5.77. The monoisotopic (exact) mass is 572 g/mol. The third-order valence-corrected chi connectivity index (χ3v) is 7.62. The molecule has 1 aliphatic heterocycles. The van der Waals surface area contributed by atoms with E-state index in [1.54, 1.807) is 16.8 Å². The molecular formula is C27H30F6N4O3. The van der Waals surface area contributed by atoms with Gasteiger partial charge in [0.2, 0.25) is 5.91 Å². The Kier molecular flexibility index (Phi) is 8.91. The van der Waals surface area contributed by atoms with Crippen molar-refractivity contribution in [3.8, 4) is 0 Å². The van der Waals surface area contributed by atoms with Crippen molar-refractivity contribution >= 4 is 23.0 Å². The molecule has 4 rings (SSSR count). The number of carbonyl (C=O) groups is 1. The Balaban J connectivity index is 1.21. The molecule has 0 atom stereocenters. The lowest BCUT2D eigenvalue weighted by Crippen LogP contribution is -2.50. The summed E-state index contributed by atoms with van der Waals surface area (Å²) in [5.41, 5.74) is -1.40. The van der Waals surface area contributed by atoms with E-state index in [1.807, 2.05) is 4.90 Å². The molecule has 40 heavy (non-hydrogen) atoms. The molecule has 0 spiro atoms. The molecule has 0 N–H and O–H groups in total. The Morgan fingerprint density at radius 3 is 2.10 bits per heavy atom. The number of halogens is 6. The minimum Gasteiger partial charge on any atom is -0.372 e. The first-order valence-electron chi connectivity index (χ1n) is 13.0. The van der Waals surface area contributed by atoms with Gasteiger partial charge in [-0.05, 0) is 73.3 Å². The van der Waals surface area contributed by atoms with Crippen LogP contribution in [-0.4, -0.2) is 62.8 Å². The zero-order chi connectivity index (χ0) is 29.1. The molecule has 2 aromatic carbocycles. The zero-order valence-corrected chi connectivity index (χ0v) is 21.8. The van der Waals surface area contributed by atoms with E-state index in [-0.39, 0.29) is 24.7 Å². The lowest BCUT2D eigenvalue weighted by molar-refractivity contribution is -0.139. The van der Waals surface area contributed by atoms with Crippen LogP contribution in [0.15, 0.2) is 47.6 Å². The maximum atomic E-state index is 13.3. The van der Waals surface area contributed by atoms with Gasteiger partial charge in [0, 0.05) is 50.6 Å². The van der Waals surface area contributed by atoms with Gasteiger partial charge in [0.25, 0.3) is 0 Å². The van der Waals surface area contributed by atoms with Gasteiger partial charge in [-0.25, -0.2) is 0 Å². The van der Waals surface area contributed by atoms with Crippen LogP contribution in [0.5, 0.6) is 0 Å². The number of rotatable bonds is 7. The van der Waals surface area contributed by atoms with Gasteiger partial charge in [0.15, 0.2) is 0 Å². The fourth-order valence-corrected chi connectivity index (χ4v) is 5.22. The van der Waals surface area contributed by atoms with Crippen molar-refractivity contribution in [2.24, 2.45) is 5.18 Å². The second-order valence-corrected chi connectivity index (χ2v) is 10.1. The second kappa shape index (κ2) is 12.0. The number of carbonyl (C=O) groups excluding carboxylic acids is 1. The van der Waals surface area contributed by atoms with Gasteiger partial charge in [0.1, 0.15) is 12.3 Å². The minimum absolute atomic E-state index is 0.0232. The van der Waals surface area contributed by atoms with Gasteiger partial charge in [-0.15, -0.1) is 4.91 Å². The topological polar surface area (TPSA) is 65.5 Å². The van der Waals surface area contributed by atoms with Crippen molar-refractivity contribution in [1.82, 2.24) is 4.90 Å². The molecule has 13 heteroatoms. The Labute approximate surface area is 227 Å². The number of hydrogen-bond donors (Lipinski definition) is 0. The minimum atomic E-state index is -4.69. The quantitative estimate of drug-likeness (QED) is 0.291. The van der Waals surface area contributed by atoms with Crippen molar-refractivity contribution in [2.75, 3.05) is 49.6 Å². The fraction of sp³-hybridized carbons (Fsp3) is 0.519. The highest BCUT2D eigenvalue weighted by atomic mass is 19.4. The van der Waals surface area contributed by atoms with E-state index in [9.17, 15) is 36.0 Å². The lowest BCUT2D eigenvalue weighted by Gasteiger charge is -2.37. The standard InChI is InChI=1S/C27H30F6N4O3/c1-35(21-8-11-24(34-39)23(16-21)27(31,32)33)19-6-9-22(10-7-19)40-17-25(38)37-14-12-36(13-15-37)20-4-2-18(3-5-20)26(28,29)30/h2-5,8,11,16,19,22H,6-7,9-10,12-15,17H2,1H3. The van der Waals surface area contributed by atoms with E-state index in [2.05, 4.69) is 5.18 Å². The molecule has 1 saturated carbocycles. The zero-order valence-electron chi connectivity index (χ0n) is 21.8. The molecule has 1 saturated heterocycles. The number of benzene rings is 2. The summed E-state index contributed by atoms with van der Waals surface area (Å²) in [6.07, 6.45) is -6.61. The average molecular weight is 573 g/mol. The summed E-state index contributed by atoms with van der Waals surface area (Å²) in [5, 5.41) is 2.48. The summed E-state index contributed by atoms with van der Waals surface area (Å²) in [6.45, 7) is 1.77. The van der Waals surface area contributed by atoms with Crippen LogP contribution < -0.4 is 9.80 Å². The summed E-state index contributed by atoms with van der Waals surface area (Å²) in [7, 11) is 1.71. The molecule has 1 amide bonds. The molecule has 1 heterocycles. The number of hydrogen-bond acceptors (Lipinski definition) is 6. The van der Waals surface area contributed by atoms with E-state index >= 15 is 0 Å². The molecule has 0 unspecified atom stereocenters. The normalized spacial score (nSPS) is 20.4. The van der Waals surface area contributed by atoms with E-state index < -0.39 is 29.2 Å². The van der Waals surface area contributed by atoms with Crippen LogP contribution in [0, 0.1) is 4.91 Å². The molecule has 0 aromatic heterocycles. The highest BCUT2D eigenvalue weighted by Crippen LogP contribution is 2.39. The number of nitrogens with zero attached hydrogens (tertiary/aromatic N) is 4. The third-order valence-electron chi connectivity index (χ3n) is 7.62. The van der Waals surface area contributed by atoms with Crippen LogP contribution in [0.1, 0.15) is 36.8 Å². The summed E-state index contributed by atoms with van der Waals surface area (Å²) in [6, 6.07) is 8.41. The van der Waals surface area contributed by atoms with Crippen LogP contribution in [0.3, 0.4) is 0 Å². The SMILES string of the molecule is CN(c1ccc(N=O)c(C(F)(F)F)c1)C1CCC(OCC(=O)N2CCN(c3ccc(C(F)(F)F)cc3)CC2)CC1. The van der Waals surface area contributed by atoms with E-state index in [0.29, 0.717) is 63.2 Å². The highest BCUT2D eigenvalue weighted by Gasteiger charge is 2.35. The summed E-state index contributed by atoms with van der Waals surface area (Å²) in [5.74, 6) is -0.158. The van der Waals surface area contributed by atoms with Gasteiger partial charge in [0.05, 0.1) is 17.2 Å². The third kappa shape index (κ3) is 7.04. The number of piperazine rings is 1. The number of nitroso groups, excluding NO2 is 1. The summed E-state index contributed by atoms with van der Waals surface area (Å²) in [4.78, 5) is 28.8. The molecule has 1 aliphatic carbocycles. The molecular weight excluding hydrogens is 542 g/mol. The molecule has 2 fully saturated rings. The van der Waals surface area contributed by atoms with Crippen LogP contribution in [-0.2, 0) is 21.9 Å². The number of ether oxygens (including phenoxy) is 1. The maximum absolute atomic E-state index is 13.3.